The van der Waals surface area contributed by atoms with Gasteiger partial charge in [0.05, 0.1) is 19.5 Å². The lowest BCUT2D eigenvalue weighted by molar-refractivity contribution is -0.120. The predicted molar refractivity (Wildman–Crippen MR) is 56.6 cm³/mol. The highest BCUT2D eigenvalue weighted by atomic mass is 32.2. The highest BCUT2D eigenvalue weighted by Gasteiger charge is 2.22. The first kappa shape index (κ1) is 10.6. The maximum absolute atomic E-state index is 11.8. The summed E-state index contributed by atoms with van der Waals surface area (Å²) in [6.07, 6.45) is 0.270. The van der Waals surface area contributed by atoms with E-state index in [9.17, 15) is 4.79 Å². The molecule has 15 heavy (non-hydrogen) atoms. The summed E-state index contributed by atoms with van der Waals surface area (Å²) >= 11 is 1.80. The second-order valence-electron chi connectivity index (χ2n) is 3.42. The summed E-state index contributed by atoms with van der Waals surface area (Å²) in [7, 11) is 1.69. The first-order valence-corrected chi connectivity index (χ1v) is 5.98. The molecule has 1 atom stereocenters. The van der Waals surface area contributed by atoms with Gasteiger partial charge in [0, 0.05) is 18.1 Å². The fraction of sp³-hybridized carbons (Fsp3) is 0.750. The van der Waals surface area contributed by atoms with Gasteiger partial charge in [-0.1, -0.05) is 0 Å². The molecule has 0 spiro atoms. The molecule has 0 radical (unpaired) electrons. The minimum atomic E-state index is -0.0486. The Bertz CT molecular complexity index is 347. The Balaban J connectivity index is 1.91. The van der Waals surface area contributed by atoms with Gasteiger partial charge in [0.2, 0.25) is 0 Å². The molecule has 1 saturated heterocycles. The fourth-order valence-electron chi connectivity index (χ4n) is 1.45. The van der Waals surface area contributed by atoms with Gasteiger partial charge in [-0.05, 0) is 5.21 Å². The van der Waals surface area contributed by atoms with E-state index in [0.29, 0.717) is 5.82 Å². The molecule has 2 rings (SSSR count). The Morgan fingerprint density at radius 1 is 1.73 bits per heavy atom. The van der Waals surface area contributed by atoms with E-state index in [1.165, 1.54) is 4.80 Å². The highest BCUT2D eigenvalue weighted by molar-refractivity contribution is 7.99. The van der Waals surface area contributed by atoms with Crippen molar-refractivity contribution in [1.82, 2.24) is 25.5 Å². The topological polar surface area (TPSA) is 72.7 Å². The number of tetrazole rings is 1. The quantitative estimate of drug-likeness (QED) is 0.716. The summed E-state index contributed by atoms with van der Waals surface area (Å²) in [6, 6.07) is -0.0486. The number of ketones is 1. The van der Waals surface area contributed by atoms with Gasteiger partial charge in [-0.15, -0.1) is 10.2 Å². The SMILES string of the molecule is Cn1nnc(CC(=O)C2CSCCN2)n1. The Hall–Kier alpha value is -0.950. The van der Waals surface area contributed by atoms with E-state index < -0.39 is 0 Å². The van der Waals surface area contributed by atoms with Crippen molar-refractivity contribution in [2.45, 2.75) is 12.5 Å². The number of nitrogens with zero attached hydrogens (tertiary/aromatic N) is 4. The standard InChI is InChI=1S/C8H13N5OS/c1-13-11-8(10-12-13)4-7(14)6-5-15-3-2-9-6/h6,9H,2-5H2,1H3. The largest absolute Gasteiger partial charge is 0.306 e. The average molecular weight is 227 g/mol. The summed E-state index contributed by atoms with van der Waals surface area (Å²) in [5.41, 5.74) is 0. The molecule has 1 unspecified atom stereocenters. The van der Waals surface area contributed by atoms with Crippen LogP contribution in [0.25, 0.3) is 0 Å². The number of nitrogens with one attached hydrogen (secondary N) is 1. The van der Waals surface area contributed by atoms with Crippen molar-refractivity contribution in [2.24, 2.45) is 7.05 Å². The van der Waals surface area contributed by atoms with Gasteiger partial charge in [0.25, 0.3) is 0 Å². The van der Waals surface area contributed by atoms with E-state index in [4.69, 9.17) is 0 Å². The van der Waals surface area contributed by atoms with Crippen LogP contribution >= 0.6 is 11.8 Å². The molecule has 1 aromatic heterocycles. The van der Waals surface area contributed by atoms with E-state index in [-0.39, 0.29) is 18.2 Å². The van der Waals surface area contributed by atoms with E-state index in [1.807, 2.05) is 0 Å². The molecule has 1 aliphatic heterocycles. The Morgan fingerprint density at radius 3 is 3.20 bits per heavy atom. The van der Waals surface area contributed by atoms with Crippen molar-refractivity contribution in [3.05, 3.63) is 5.82 Å². The number of hydrogen-bond acceptors (Lipinski definition) is 6. The molecule has 7 heteroatoms. The molecule has 0 aromatic carbocycles. The number of hydrogen-bond donors (Lipinski definition) is 1. The smallest absolute Gasteiger partial charge is 0.182 e. The maximum Gasteiger partial charge on any atom is 0.182 e. The Labute approximate surface area is 91.8 Å². The van der Waals surface area contributed by atoms with Crippen LogP contribution in [-0.2, 0) is 18.3 Å². The molecule has 6 nitrogen and oxygen atoms in total. The normalized spacial score (nSPS) is 21.5. The number of aromatic nitrogens is 4. The number of carbonyl (C=O) groups is 1. The molecule has 1 aromatic rings. The van der Waals surface area contributed by atoms with Crippen molar-refractivity contribution < 1.29 is 4.79 Å². The average Bonchev–Trinajstić information content (AvgIpc) is 2.65. The Kier molecular flexibility index (Phi) is 3.32. The number of thioether (sulfide) groups is 1. The van der Waals surface area contributed by atoms with Crippen LogP contribution < -0.4 is 5.32 Å². The second-order valence-corrected chi connectivity index (χ2v) is 4.57. The fourth-order valence-corrected chi connectivity index (χ4v) is 2.41. The van der Waals surface area contributed by atoms with Crippen molar-refractivity contribution >= 4 is 17.5 Å². The van der Waals surface area contributed by atoms with Crippen molar-refractivity contribution in [1.29, 1.82) is 0 Å². The summed E-state index contributed by atoms with van der Waals surface area (Å²) in [4.78, 5) is 13.2. The van der Waals surface area contributed by atoms with Crippen molar-refractivity contribution in [2.75, 3.05) is 18.1 Å². The lowest BCUT2D eigenvalue weighted by atomic mass is 10.1. The van der Waals surface area contributed by atoms with E-state index in [0.717, 1.165) is 18.1 Å². The van der Waals surface area contributed by atoms with Crippen LogP contribution in [0.1, 0.15) is 5.82 Å². The molecule has 1 fully saturated rings. The number of Topliss-reactive ketones (excluding diaryl/α,β-unsaturated/α-hetero) is 1. The zero-order valence-electron chi connectivity index (χ0n) is 8.51. The van der Waals surface area contributed by atoms with Crippen LogP contribution in [0.4, 0.5) is 0 Å². The van der Waals surface area contributed by atoms with Gasteiger partial charge >= 0.3 is 0 Å². The van der Waals surface area contributed by atoms with Crippen LogP contribution in [0, 0.1) is 0 Å². The van der Waals surface area contributed by atoms with Crippen LogP contribution in [0.15, 0.2) is 0 Å². The van der Waals surface area contributed by atoms with E-state index in [1.54, 1.807) is 18.8 Å². The summed E-state index contributed by atoms with van der Waals surface area (Å²) in [6.45, 7) is 0.898. The van der Waals surface area contributed by atoms with E-state index in [2.05, 4.69) is 20.7 Å². The lowest BCUT2D eigenvalue weighted by Crippen LogP contribution is -2.44. The highest BCUT2D eigenvalue weighted by Crippen LogP contribution is 2.09. The van der Waals surface area contributed by atoms with Crippen LogP contribution in [-0.4, -0.2) is 50.1 Å². The van der Waals surface area contributed by atoms with Gasteiger partial charge in [-0.3, -0.25) is 4.79 Å². The minimum Gasteiger partial charge on any atom is -0.306 e. The molecule has 0 bridgehead atoms. The number of rotatable bonds is 3. The minimum absolute atomic E-state index is 0.0486. The zero-order chi connectivity index (χ0) is 10.7. The molecular formula is C8H13N5OS. The zero-order valence-corrected chi connectivity index (χ0v) is 9.33. The monoisotopic (exact) mass is 227 g/mol. The van der Waals surface area contributed by atoms with Gasteiger partial charge in [0.1, 0.15) is 0 Å². The molecule has 82 valence electrons. The third kappa shape index (κ3) is 2.75. The Morgan fingerprint density at radius 2 is 2.60 bits per heavy atom. The van der Waals surface area contributed by atoms with Gasteiger partial charge in [0.15, 0.2) is 11.6 Å². The molecule has 0 amide bonds. The third-order valence-corrected chi connectivity index (χ3v) is 3.25. The van der Waals surface area contributed by atoms with Gasteiger partial charge in [-0.2, -0.15) is 16.6 Å². The molecular weight excluding hydrogens is 214 g/mol. The van der Waals surface area contributed by atoms with Gasteiger partial charge in [-0.25, -0.2) is 0 Å². The molecule has 1 N–H and O–H groups in total. The van der Waals surface area contributed by atoms with E-state index >= 15 is 0 Å². The van der Waals surface area contributed by atoms with Gasteiger partial charge < -0.3 is 5.32 Å². The van der Waals surface area contributed by atoms with Crippen LogP contribution in [0.2, 0.25) is 0 Å². The number of carbonyl (C=O) groups excluding carboxylic acids is 1. The lowest BCUT2D eigenvalue weighted by Gasteiger charge is -2.21. The molecule has 2 heterocycles. The van der Waals surface area contributed by atoms with Crippen molar-refractivity contribution in [3.63, 3.8) is 0 Å². The first-order chi connectivity index (χ1) is 7.25. The molecule has 1 aliphatic rings. The number of aryl methyl sites for hydroxylation is 1. The van der Waals surface area contributed by atoms with Crippen molar-refractivity contribution in [3.8, 4) is 0 Å². The summed E-state index contributed by atoms with van der Waals surface area (Å²) in [5.74, 6) is 2.57. The predicted octanol–water partition coefficient (Wildman–Crippen LogP) is -0.973. The van der Waals surface area contributed by atoms with Crippen LogP contribution in [0.5, 0.6) is 0 Å². The third-order valence-electron chi connectivity index (χ3n) is 2.19. The summed E-state index contributed by atoms with van der Waals surface area (Å²) < 4.78 is 0. The molecule has 0 aliphatic carbocycles. The van der Waals surface area contributed by atoms with Crippen LogP contribution in [0.3, 0.4) is 0 Å². The second kappa shape index (κ2) is 4.71. The first-order valence-electron chi connectivity index (χ1n) is 4.82. The molecule has 0 saturated carbocycles. The maximum atomic E-state index is 11.8. The summed E-state index contributed by atoms with van der Waals surface area (Å²) in [5, 5.41) is 14.7.